The molecule has 0 N–H and O–H groups in total. The Morgan fingerprint density at radius 2 is 2.08 bits per heavy atom. The molecule has 0 spiro atoms. The van der Waals surface area contributed by atoms with E-state index >= 15 is 0 Å². The van der Waals surface area contributed by atoms with Gasteiger partial charge < -0.3 is 0 Å². The summed E-state index contributed by atoms with van der Waals surface area (Å²) < 4.78 is 13.7. The summed E-state index contributed by atoms with van der Waals surface area (Å²) in [6.07, 6.45) is 0.524. The Kier molecular flexibility index (Phi) is 2.51. The third-order valence-corrected chi connectivity index (χ3v) is 2.28. The Balaban J connectivity index is 3.03. The first-order valence-corrected chi connectivity index (χ1v) is 4.32. The Hall–Kier alpha value is -0.850. The van der Waals surface area contributed by atoms with Gasteiger partial charge in [-0.05, 0) is 25.8 Å². The molecule has 1 unspecified atom stereocenters. The van der Waals surface area contributed by atoms with Crippen LogP contribution in [0.4, 0.5) is 4.39 Å². The van der Waals surface area contributed by atoms with Crippen LogP contribution < -0.4 is 0 Å². The van der Waals surface area contributed by atoms with Crippen molar-refractivity contribution in [1.29, 1.82) is 0 Å². The van der Waals surface area contributed by atoms with Crippen LogP contribution in [0.5, 0.6) is 0 Å². The lowest BCUT2D eigenvalue weighted by Crippen LogP contribution is -2.13. The minimum absolute atomic E-state index is 0.524. The van der Waals surface area contributed by atoms with E-state index in [4.69, 9.17) is 0 Å². The SMILES string of the molecule is CCC(C)(F)c1cccc(C)c1. The third kappa shape index (κ3) is 1.84. The van der Waals surface area contributed by atoms with Gasteiger partial charge >= 0.3 is 0 Å². The van der Waals surface area contributed by atoms with E-state index in [0.717, 1.165) is 11.1 Å². The molecule has 0 amide bonds. The van der Waals surface area contributed by atoms with Gasteiger partial charge in [-0.25, -0.2) is 4.39 Å². The van der Waals surface area contributed by atoms with Crippen LogP contribution in [-0.2, 0) is 5.67 Å². The van der Waals surface area contributed by atoms with Gasteiger partial charge in [0.2, 0.25) is 0 Å². The van der Waals surface area contributed by atoms with Crippen LogP contribution in [-0.4, -0.2) is 0 Å². The van der Waals surface area contributed by atoms with Crippen LogP contribution in [0.2, 0.25) is 0 Å². The molecular formula is C11H15F. The van der Waals surface area contributed by atoms with Crippen molar-refractivity contribution in [3.63, 3.8) is 0 Å². The van der Waals surface area contributed by atoms with Crippen LogP contribution in [0.25, 0.3) is 0 Å². The van der Waals surface area contributed by atoms with Crippen LogP contribution in [0.3, 0.4) is 0 Å². The first-order valence-electron chi connectivity index (χ1n) is 4.32. The molecule has 0 nitrogen and oxygen atoms in total. The molecular weight excluding hydrogens is 151 g/mol. The van der Waals surface area contributed by atoms with Crippen LogP contribution in [0.15, 0.2) is 24.3 Å². The first-order chi connectivity index (χ1) is 5.56. The molecule has 1 aromatic carbocycles. The maximum atomic E-state index is 13.7. The summed E-state index contributed by atoms with van der Waals surface area (Å²) in [5, 5.41) is 0. The van der Waals surface area contributed by atoms with E-state index in [1.807, 2.05) is 38.1 Å². The van der Waals surface area contributed by atoms with E-state index in [1.54, 1.807) is 6.92 Å². The molecule has 0 aliphatic carbocycles. The largest absolute Gasteiger partial charge is 0.239 e. The van der Waals surface area contributed by atoms with Crippen LogP contribution in [0.1, 0.15) is 31.4 Å². The predicted molar refractivity (Wildman–Crippen MR) is 49.9 cm³/mol. The molecule has 0 saturated heterocycles. The Bertz CT molecular complexity index is 263. The second kappa shape index (κ2) is 3.26. The fraction of sp³-hybridized carbons (Fsp3) is 0.455. The third-order valence-electron chi connectivity index (χ3n) is 2.28. The van der Waals surface area contributed by atoms with Crippen molar-refractivity contribution < 1.29 is 4.39 Å². The Labute approximate surface area is 73.4 Å². The molecule has 66 valence electrons. The summed E-state index contributed by atoms with van der Waals surface area (Å²) in [6.45, 7) is 5.47. The average Bonchev–Trinajstić information content (AvgIpc) is 2.05. The number of benzene rings is 1. The number of alkyl halides is 1. The molecule has 0 saturated carbocycles. The lowest BCUT2D eigenvalue weighted by Gasteiger charge is -2.18. The van der Waals surface area contributed by atoms with Crippen LogP contribution >= 0.6 is 0 Å². The lowest BCUT2D eigenvalue weighted by atomic mass is 9.94. The van der Waals surface area contributed by atoms with Gasteiger partial charge in [-0.15, -0.1) is 0 Å². The summed E-state index contributed by atoms with van der Waals surface area (Å²) in [7, 11) is 0. The smallest absolute Gasteiger partial charge is 0.133 e. The fourth-order valence-electron chi connectivity index (χ4n) is 1.17. The van der Waals surface area contributed by atoms with Gasteiger partial charge in [0.25, 0.3) is 0 Å². The highest BCUT2D eigenvalue weighted by molar-refractivity contribution is 5.26. The van der Waals surface area contributed by atoms with Gasteiger partial charge in [-0.1, -0.05) is 36.8 Å². The Morgan fingerprint density at radius 1 is 1.42 bits per heavy atom. The second-order valence-corrected chi connectivity index (χ2v) is 3.42. The van der Waals surface area contributed by atoms with Gasteiger partial charge in [0.05, 0.1) is 0 Å². The van der Waals surface area contributed by atoms with E-state index in [9.17, 15) is 4.39 Å². The van der Waals surface area contributed by atoms with E-state index in [-0.39, 0.29) is 0 Å². The molecule has 0 aliphatic rings. The molecule has 12 heavy (non-hydrogen) atoms. The molecule has 0 bridgehead atoms. The van der Waals surface area contributed by atoms with E-state index in [2.05, 4.69) is 0 Å². The zero-order chi connectivity index (χ0) is 9.19. The maximum Gasteiger partial charge on any atom is 0.133 e. The van der Waals surface area contributed by atoms with Crippen molar-refractivity contribution in [3.05, 3.63) is 35.4 Å². The maximum absolute atomic E-state index is 13.7. The topological polar surface area (TPSA) is 0 Å². The van der Waals surface area contributed by atoms with Gasteiger partial charge in [-0.3, -0.25) is 0 Å². The number of halogens is 1. The summed E-state index contributed by atoms with van der Waals surface area (Å²) in [5.74, 6) is 0. The Morgan fingerprint density at radius 3 is 2.58 bits per heavy atom. The fourth-order valence-corrected chi connectivity index (χ4v) is 1.17. The number of aryl methyl sites for hydroxylation is 1. The molecule has 1 atom stereocenters. The monoisotopic (exact) mass is 166 g/mol. The minimum atomic E-state index is -1.17. The summed E-state index contributed by atoms with van der Waals surface area (Å²) >= 11 is 0. The van der Waals surface area contributed by atoms with E-state index < -0.39 is 5.67 Å². The van der Waals surface area contributed by atoms with Crippen molar-refractivity contribution in [2.24, 2.45) is 0 Å². The number of hydrogen-bond donors (Lipinski definition) is 0. The molecule has 1 heteroatoms. The highest BCUT2D eigenvalue weighted by Crippen LogP contribution is 2.28. The molecule has 0 radical (unpaired) electrons. The highest BCUT2D eigenvalue weighted by Gasteiger charge is 2.22. The van der Waals surface area contributed by atoms with Crippen molar-refractivity contribution in [2.75, 3.05) is 0 Å². The van der Waals surface area contributed by atoms with E-state index in [1.165, 1.54) is 0 Å². The van der Waals surface area contributed by atoms with Crippen molar-refractivity contribution >= 4 is 0 Å². The summed E-state index contributed by atoms with van der Waals surface area (Å²) in [5.41, 5.74) is 0.723. The number of rotatable bonds is 2. The minimum Gasteiger partial charge on any atom is -0.239 e. The molecule has 0 aromatic heterocycles. The van der Waals surface area contributed by atoms with E-state index in [0.29, 0.717) is 6.42 Å². The zero-order valence-electron chi connectivity index (χ0n) is 7.89. The van der Waals surface area contributed by atoms with Gasteiger partial charge in [0, 0.05) is 0 Å². The summed E-state index contributed by atoms with van der Waals surface area (Å²) in [4.78, 5) is 0. The lowest BCUT2D eigenvalue weighted by molar-refractivity contribution is 0.185. The van der Waals surface area contributed by atoms with Crippen LogP contribution in [0, 0.1) is 6.92 Å². The average molecular weight is 166 g/mol. The molecule has 1 aromatic rings. The predicted octanol–water partition coefficient (Wildman–Crippen LogP) is 3.59. The van der Waals surface area contributed by atoms with Crippen molar-refractivity contribution in [1.82, 2.24) is 0 Å². The van der Waals surface area contributed by atoms with Crippen molar-refractivity contribution in [3.8, 4) is 0 Å². The molecule has 1 rings (SSSR count). The van der Waals surface area contributed by atoms with Crippen molar-refractivity contribution in [2.45, 2.75) is 32.9 Å². The van der Waals surface area contributed by atoms with Gasteiger partial charge in [0.15, 0.2) is 0 Å². The zero-order valence-corrected chi connectivity index (χ0v) is 7.89. The first kappa shape index (κ1) is 9.24. The number of hydrogen-bond acceptors (Lipinski definition) is 0. The normalized spacial score (nSPS) is 15.7. The quantitative estimate of drug-likeness (QED) is 0.629. The molecule has 0 aliphatic heterocycles. The van der Waals surface area contributed by atoms with Gasteiger partial charge in [0.1, 0.15) is 5.67 Å². The standard InChI is InChI=1S/C11H15F/c1-4-11(3,12)10-7-5-6-9(2)8-10/h5-8H,4H2,1-3H3. The molecule has 0 fully saturated rings. The second-order valence-electron chi connectivity index (χ2n) is 3.42. The summed E-state index contributed by atoms with van der Waals surface area (Å²) in [6, 6.07) is 7.63. The highest BCUT2D eigenvalue weighted by atomic mass is 19.1. The molecule has 0 heterocycles. The van der Waals surface area contributed by atoms with Gasteiger partial charge in [-0.2, -0.15) is 0 Å².